The highest BCUT2D eigenvalue weighted by molar-refractivity contribution is 5.82. The normalized spacial score (nSPS) is 16.8. The van der Waals surface area contributed by atoms with Gasteiger partial charge < -0.3 is 19.5 Å². The molecule has 1 aliphatic rings. The number of nitrogens with one attached hydrogen (secondary N) is 1. The summed E-state index contributed by atoms with van der Waals surface area (Å²) in [6.45, 7) is 10.6. The number of nitrogens with zero attached hydrogens (tertiary/aromatic N) is 1. The van der Waals surface area contributed by atoms with E-state index in [1.165, 1.54) is 0 Å². The third kappa shape index (κ3) is 11.6. The van der Waals surface area contributed by atoms with Crippen LogP contribution in [0.1, 0.15) is 47.9 Å². The second-order valence-electron chi connectivity index (χ2n) is 5.84. The number of likely N-dealkylation sites (tertiary alicyclic amines) is 1. The maximum Gasteiger partial charge on any atom is 0.237 e. The van der Waals surface area contributed by atoms with Crippen LogP contribution in [-0.4, -0.2) is 82.4 Å². The number of rotatable bonds is 14. The lowest BCUT2D eigenvalue weighted by Crippen LogP contribution is -2.45. The molecule has 0 spiro atoms. The molecule has 0 aromatic heterocycles. The third-order valence-electron chi connectivity index (χ3n) is 4.09. The zero-order chi connectivity index (χ0) is 19.6. The van der Waals surface area contributed by atoms with Crippen molar-refractivity contribution >= 4 is 11.7 Å². The number of methoxy groups -OCH3 is 1. The molecule has 0 aromatic carbocycles. The van der Waals surface area contributed by atoms with Crippen molar-refractivity contribution in [1.82, 2.24) is 10.2 Å². The minimum absolute atomic E-state index is 0. The van der Waals surface area contributed by atoms with Gasteiger partial charge in [-0.15, -0.1) is 0 Å². The first-order valence-corrected chi connectivity index (χ1v) is 9.87. The molecule has 0 aliphatic carbocycles. The fourth-order valence-corrected chi connectivity index (χ4v) is 2.65. The number of carbonyl (C=O) groups is 2. The average molecular weight is 377 g/mol. The van der Waals surface area contributed by atoms with Crippen LogP contribution in [0.2, 0.25) is 0 Å². The van der Waals surface area contributed by atoms with E-state index in [9.17, 15) is 9.59 Å². The summed E-state index contributed by atoms with van der Waals surface area (Å²) < 4.78 is 15.8. The van der Waals surface area contributed by atoms with Crippen molar-refractivity contribution in [2.24, 2.45) is 0 Å². The summed E-state index contributed by atoms with van der Waals surface area (Å²) in [4.78, 5) is 25.4. The molecule has 1 N–H and O–H groups in total. The second kappa shape index (κ2) is 17.4. The zero-order valence-electron chi connectivity index (χ0n) is 17.1. The zero-order valence-corrected chi connectivity index (χ0v) is 17.1. The van der Waals surface area contributed by atoms with Crippen LogP contribution in [0.5, 0.6) is 0 Å². The summed E-state index contributed by atoms with van der Waals surface area (Å²) in [5.74, 6) is 0.284. The molecular weight excluding hydrogens is 336 g/mol. The summed E-state index contributed by atoms with van der Waals surface area (Å²) in [5.41, 5.74) is 0. The predicted octanol–water partition coefficient (Wildman–Crippen LogP) is 1.89. The van der Waals surface area contributed by atoms with E-state index < -0.39 is 0 Å². The standard InChI is InChI=1S/C17H32N2O5.C2H6.H2/c1-3-15(20)6-10-23-13-14-24-11-7-18-17(21)16-5-4-8-19(16)9-12-22-2;1-2;/h16H,3-14H2,1-2H3,(H,18,21);1-2H3;1H/t16-;;/m0../s1. The molecule has 7 nitrogen and oxygen atoms in total. The number of ether oxygens (including phenoxy) is 3. The number of hydrogen-bond donors (Lipinski definition) is 1. The van der Waals surface area contributed by atoms with Gasteiger partial charge in [-0.25, -0.2) is 0 Å². The fourth-order valence-electron chi connectivity index (χ4n) is 2.65. The highest BCUT2D eigenvalue weighted by Crippen LogP contribution is 2.16. The number of ketones is 1. The SMILES string of the molecule is CC.CCC(=O)CCOCCOCCNC(=O)[C@@H]1CCCN1CCOC.[HH]. The van der Waals surface area contributed by atoms with Crippen LogP contribution in [0.25, 0.3) is 0 Å². The number of amides is 1. The van der Waals surface area contributed by atoms with Gasteiger partial charge in [-0.2, -0.15) is 0 Å². The maximum atomic E-state index is 12.2. The van der Waals surface area contributed by atoms with Gasteiger partial charge in [0.2, 0.25) is 5.91 Å². The predicted molar refractivity (Wildman–Crippen MR) is 104 cm³/mol. The summed E-state index contributed by atoms with van der Waals surface area (Å²) in [6, 6.07) is -0.0421. The molecule has 156 valence electrons. The van der Waals surface area contributed by atoms with E-state index in [-0.39, 0.29) is 19.2 Å². The van der Waals surface area contributed by atoms with Crippen molar-refractivity contribution < 1.29 is 25.2 Å². The molecule has 0 aromatic rings. The molecule has 7 heteroatoms. The third-order valence-corrected chi connectivity index (χ3v) is 4.09. The van der Waals surface area contributed by atoms with Crippen LogP contribution in [0.3, 0.4) is 0 Å². The quantitative estimate of drug-likeness (QED) is 0.467. The van der Waals surface area contributed by atoms with Crippen molar-refractivity contribution in [3.63, 3.8) is 0 Å². The van der Waals surface area contributed by atoms with Crippen molar-refractivity contribution in [1.29, 1.82) is 0 Å². The van der Waals surface area contributed by atoms with Crippen LogP contribution >= 0.6 is 0 Å². The van der Waals surface area contributed by atoms with Gasteiger partial charge >= 0.3 is 0 Å². The molecule has 0 saturated carbocycles. The fraction of sp³-hybridized carbons (Fsp3) is 0.895. The van der Waals surface area contributed by atoms with E-state index in [4.69, 9.17) is 14.2 Å². The van der Waals surface area contributed by atoms with Gasteiger partial charge in [0.15, 0.2) is 0 Å². The Bertz CT molecular complexity index is 372. The largest absolute Gasteiger partial charge is 0.383 e. The molecule has 0 unspecified atom stereocenters. The number of carbonyl (C=O) groups excluding carboxylic acids is 2. The minimum atomic E-state index is -0.0421. The first-order chi connectivity index (χ1) is 12.7. The Balaban J connectivity index is 0. The van der Waals surface area contributed by atoms with Gasteiger partial charge in [-0.05, 0) is 19.4 Å². The second-order valence-corrected chi connectivity index (χ2v) is 5.84. The van der Waals surface area contributed by atoms with E-state index in [0.29, 0.717) is 52.4 Å². The first-order valence-electron chi connectivity index (χ1n) is 9.87. The molecule has 1 fully saturated rings. The topological polar surface area (TPSA) is 77.1 Å². The van der Waals surface area contributed by atoms with E-state index in [2.05, 4.69) is 10.2 Å². The van der Waals surface area contributed by atoms with E-state index in [1.54, 1.807) is 7.11 Å². The first kappa shape index (κ1) is 25.0. The maximum absolute atomic E-state index is 12.2. The lowest BCUT2D eigenvalue weighted by Gasteiger charge is -2.23. The molecular formula is C19H40N2O5. The molecule has 0 radical (unpaired) electrons. The lowest BCUT2D eigenvalue weighted by molar-refractivity contribution is -0.125. The Kier molecular flexibility index (Phi) is 16.7. The van der Waals surface area contributed by atoms with Crippen molar-refractivity contribution in [2.75, 3.05) is 59.8 Å². The number of hydrogen-bond acceptors (Lipinski definition) is 6. The Morgan fingerprint density at radius 3 is 2.46 bits per heavy atom. The average Bonchev–Trinajstić information content (AvgIpc) is 3.14. The van der Waals surface area contributed by atoms with E-state index in [0.717, 1.165) is 25.9 Å². The van der Waals surface area contributed by atoms with Gasteiger partial charge in [-0.1, -0.05) is 20.8 Å². The summed E-state index contributed by atoms with van der Waals surface area (Å²) in [6.07, 6.45) is 2.98. The van der Waals surface area contributed by atoms with Gasteiger partial charge in [0, 0.05) is 34.5 Å². The molecule has 26 heavy (non-hydrogen) atoms. The Hall–Kier alpha value is -1.02. The molecule has 1 atom stereocenters. The molecule has 1 aliphatic heterocycles. The lowest BCUT2D eigenvalue weighted by atomic mass is 10.2. The van der Waals surface area contributed by atoms with Crippen molar-refractivity contribution in [2.45, 2.75) is 52.5 Å². The molecule has 1 rings (SSSR count). The number of Topliss-reactive ketones (excluding diaryl/α,β-unsaturated/α-hetero) is 1. The van der Waals surface area contributed by atoms with E-state index in [1.807, 2.05) is 20.8 Å². The summed E-state index contributed by atoms with van der Waals surface area (Å²) >= 11 is 0. The smallest absolute Gasteiger partial charge is 0.237 e. The highest BCUT2D eigenvalue weighted by Gasteiger charge is 2.29. The van der Waals surface area contributed by atoms with Crippen molar-refractivity contribution in [3.8, 4) is 0 Å². The van der Waals surface area contributed by atoms with Crippen LogP contribution in [-0.2, 0) is 23.8 Å². The molecule has 1 saturated heterocycles. The molecule has 0 bridgehead atoms. The van der Waals surface area contributed by atoms with Gasteiger partial charge in [0.25, 0.3) is 0 Å². The monoisotopic (exact) mass is 376 g/mol. The summed E-state index contributed by atoms with van der Waals surface area (Å²) in [5, 5.41) is 2.92. The van der Waals surface area contributed by atoms with Gasteiger partial charge in [0.1, 0.15) is 5.78 Å². The van der Waals surface area contributed by atoms with Crippen LogP contribution in [0.4, 0.5) is 0 Å². The molecule has 1 amide bonds. The van der Waals surface area contributed by atoms with E-state index >= 15 is 0 Å². The Labute approximate surface area is 160 Å². The van der Waals surface area contributed by atoms with Crippen LogP contribution in [0.15, 0.2) is 0 Å². The van der Waals surface area contributed by atoms with Crippen molar-refractivity contribution in [3.05, 3.63) is 0 Å². The Morgan fingerprint density at radius 2 is 1.81 bits per heavy atom. The summed E-state index contributed by atoms with van der Waals surface area (Å²) in [7, 11) is 1.67. The Morgan fingerprint density at radius 1 is 1.12 bits per heavy atom. The van der Waals surface area contributed by atoms with Crippen LogP contribution in [0, 0.1) is 0 Å². The highest BCUT2D eigenvalue weighted by atomic mass is 16.5. The van der Waals surface area contributed by atoms with Gasteiger partial charge in [-0.3, -0.25) is 14.5 Å². The molecule has 1 heterocycles. The van der Waals surface area contributed by atoms with Gasteiger partial charge in [0.05, 0.1) is 39.1 Å². The minimum Gasteiger partial charge on any atom is -0.383 e. The van der Waals surface area contributed by atoms with Crippen LogP contribution < -0.4 is 5.32 Å².